The Kier molecular flexibility index (Phi) is 13.1. The zero-order chi connectivity index (χ0) is 11.2. The van der Waals surface area contributed by atoms with Crippen LogP contribution in [0.3, 0.4) is 0 Å². The normalized spacial score (nSPS) is 10.5. The van der Waals surface area contributed by atoms with Crippen molar-refractivity contribution in [2.45, 2.75) is 6.92 Å². The SMILES string of the molecule is CCOCCNCCNCCNCC=O. The summed E-state index contributed by atoms with van der Waals surface area (Å²) in [5, 5.41) is 9.49. The van der Waals surface area contributed by atoms with Gasteiger partial charge in [-0.1, -0.05) is 0 Å². The molecule has 0 aliphatic heterocycles. The Balaban J connectivity index is 2.83. The summed E-state index contributed by atoms with van der Waals surface area (Å²) in [6.45, 7) is 8.50. The third-order valence-electron chi connectivity index (χ3n) is 1.81. The quantitative estimate of drug-likeness (QED) is 0.289. The van der Waals surface area contributed by atoms with Gasteiger partial charge in [0, 0.05) is 39.3 Å². The molecule has 3 N–H and O–H groups in total. The van der Waals surface area contributed by atoms with Gasteiger partial charge in [0.15, 0.2) is 0 Å². The van der Waals surface area contributed by atoms with E-state index in [-0.39, 0.29) is 0 Å². The highest BCUT2D eigenvalue weighted by Crippen LogP contribution is 1.69. The number of rotatable bonds is 12. The summed E-state index contributed by atoms with van der Waals surface area (Å²) in [5.74, 6) is 0. The van der Waals surface area contributed by atoms with Crippen LogP contribution in [0, 0.1) is 0 Å². The molecular weight excluding hydrogens is 194 g/mol. The van der Waals surface area contributed by atoms with Gasteiger partial charge in [-0.2, -0.15) is 0 Å². The van der Waals surface area contributed by atoms with Gasteiger partial charge >= 0.3 is 0 Å². The van der Waals surface area contributed by atoms with Crippen molar-refractivity contribution in [1.82, 2.24) is 16.0 Å². The van der Waals surface area contributed by atoms with E-state index in [9.17, 15) is 4.79 Å². The molecule has 0 aromatic heterocycles. The molecule has 0 aromatic carbocycles. The molecule has 90 valence electrons. The van der Waals surface area contributed by atoms with Crippen LogP contribution in [0.1, 0.15) is 6.92 Å². The van der Waals surface area contributed by atoms with Gasteiger partial charge in [-0.05, 0) is 6.92 Å². The summed E-state index contributed by atoms with van der Waals surface area (Å²) >= 11 is 0. The van der Waals surface area contributed by atoms with Gasteiger partial charge in [-0.25, -0.2) is 0 Å². The van der Waals surface area contributed by atoms with E-state index in [4.69, 9.17) is 4.74 Å². The van der Waals surface area contributed by atoms with E-state index >= 15 is 0 Å². The van der Waals surface area contributed by atoms with Gasteiger partial charge in [0.2, 0.25) is 0 Å². The lowest BCUT2D eigenvalue weighted by atomic mass is 10.5. The van der Waals surface area contributed by atoms with Crippen LogP contribution in [0.25, 0.3) is 0 Å². The summed E-state index contributed by atoms with van der Waals surface area (Å²) in [7, 11) is 0. The summed E-state index contributed by atoms with van der Waals surface area (Å²) in [4.78, 5) is 9.96. The van der Waals surface area contributed by atoms with E-state index in [0.717, 1.165) is 52.2 Å². The molecule has 5 nitrogen and oxygen atoms in total. The van der Waals surface area contributed by atoms with E-state index in [1.807, 2.05) is 6.92 Å². The fraction of sp³-hybridized carbons (Fsp3) is 0.900. The molecule has 0 aliphatic carbocycles. The first-order valence-corrected chi connectivity index (χ1v) is 5.55. The second kappa shape index (κ2) is 13.5. The van der Waals surface area contributed by atoms with Crippen LogP contribution in [-0.2, 0) is 9.53 Å². The molecule has 0 bridgehead atoms. The third kappa shape index (κ3) is 13.5. The Hall–Kier alpha value is -0.490. The molecule has 0 fully saturated rings. The fourth-order valence-corrected chi connectivity index (χ4v) is 1.05. The smallest absolute Gasteiger partial charge is 0.133 e. The van der Waals surface area contributed by atoms with Crippen LogP contribution in [0.2, 0.25) is 0 Å². The molecule has 0 heterocycles. The molecule has 0 spiro atoms. The van der Waals surface area contributed by atoms with Gasteiger partial charge in [-0.3, -0.25) is 0 Å². The molecule has 0 unspecified atom stereocenters. The van der Waals surface area contributed by atoms with E-state index in [1.54, 1.807) is 0 Å². The van der Waals surface area contributed by atoms with Gasteiger partial charge in [0.1, 0.15) is 6.29 Å². The summed E-state index contributed by atoms with van der Waals surface area (Å²) in [6.07, 6.45) is 0.870. The van der Waals surface area contributed by atoms with E-state index in [0.29, 0.717) is 6.54 Å². The summed E-state index contributed by atoms with van der Waals surface area (Å²) in [5.41, 5.74) is 0. The lowest BCUT2D eigenvalue weighted by molar-refractivity contribution is -0.107. The Labute approximate surface area is 91.9 Å². The molecule has 0 atom stereocenters. The average molecular weight is 217 g/mol. The lowest BCUT2D eigenvalue weighted by Gasteiger charge is -2.06. The number of nitrogens with one attached hydrogen (secondary N) is 3. The lowest BCUT2D eigenvalue weighted by Crippen LogP contribution is -2.34. The van der Waals surface area contributed by atoms with Gasteiger partial charge in [0.25, 0.3) is 0 Å². The zero-order valence-corrected chi connectivity index (χ0v) is 9.55. The minimum atomic E-state index is 0.439. The topological polar surface area (TPSA) is 62.4 Å². The Morgan fingerprint density at radius 3 is 2.20 bits per heavy atom. The number of ether oxygens (including phenoxy) is 1. The van der Waals surface area contributed by atoms with Gasteiger partial charge in [-0.15, -0.1) is 0 Å². The molecule has 0 saturated heterocycles. The molecule has 5 heteroatoms. The predicted octanol–water partition coefficient (Wildman–Crippen LogP) is -1.01. The van der Waals surface area contributed by atoms with Crippen molar-refractivity contribution in [2.24, 2.45) is 0 Å². The number of hydrogen-bond acceptors (Lipinski definition) is 5. The highest BCUT2D eigenvalue weighted by Gasteiger charge is 1.88. The van der Waals surface area contributed by atoms with Crippen LogP contribution in [-0.4, -0.2) is 58.8 Å². The number of carbonyl (C=O) groups is 1. The van der Waals surface area contributed by atoms with Crippen molar-refractivity contribution in [2.75, 3.05) is 52.5 Å². The summed E-state index contributed by atoms with van der Waals surface area (Å²) < 4.78 is 5.18. The molecule has 0 saturated carbocycles. The van der Waals surface area contributed by atoms with E-state index in [1.165, 1.54) is 0 Å². The van der Waals surface area contributed by atoms with Gasteiger partial charge < -0.3 is 25.5 Å². The molecule has 0 rings (SSSR count). The molecule has 15 heavy (non-hydrogen) atoms. The predicted molar refractivity (Wildman–Crippen MR) is 61.2 cm³/mol. The third-order valence-corrected chi connectivity index (χ3v) is 1.81. The van der Waals surface area contributed by atoms with E-state index in [2.05, 4.69) is 16.0 Å². The van der Waals surface area contributed by atoms with Crippen LogP contribution in [0.15, 0.2) is 0 Å². The number of aldehydes is 1. The minimum absolute atomic E-state index is 0.439. The summed E-state index contributed by atoms with van der Waals surface area (Å²) in [6, 6.07) is 0. The minimum Gasteiger partial charge on any atom is -0.380 e. The average Bonchev–Trinajstić information content (AvgIpc) is 2.26. The zero-order valence-electron chi connectivity index (χ0n) is 9.55. The van der Waals surface area contributed by atoms with Crippen LogP contribution >= 0.6 is 0 Å². The maximum Gasteiger partial charge on any atom is 0.133 e. The first kappa shape index (κ1) is 14.5. The molecular formula is C10H23N3O2. The fourth-order valence-electron chi connectivity index (χ4n) is 1.05. The molecule has 0 aromatic rings. The Bertz CT molecular complexity index is 134. The van der Waals surface area contributed by atoms with Crippen LogP contribution in [0.4, 0.5) is 0 Å². The maximum absolute atomic E-state index is 9.96. The highest BCUT2D eigenvalue weighted by molar-refractivity contribution is 5.51. The number of hydrogen-bond donors (Lipinski definition) is 3. The van der Waals surface area contributed by atoms with Crippen molar-refractivity contribution in [1.29, 1.82) is 0 Å². The standard InChI is InChI=1S/C10H23N3O2/c1-2-15-10-8-13-6-4-11-3-5-12-7-9-14/h9,11-13H,2-8,10H2,1H3. The largest absolute Gasteiger partial charge is 0.380 e. The first-order valence-electron chi connectivity index (χ1n) is 5.55. The monoisotopic (exact) mass is 217 g/mol. The molecule has 0 amide bonds. The molecule has 0 radical (unpaired) electrons. The van der Waals surface area contributed by atoms with Crippen molar-refractivity contribution in [3.63, 3.8) is 0 Å². The maximum atomic E-state index is 9.96. The van der Waals surface area contributed by atoms with E-state index < -0.39 is 0 Å². The first-order chi connectivity index (χ1) is 7.41. The number of carbonyl (C=O) groups excluding carboxylic acids is 1. The highest BCUT2D eigenvalue weighted by atomic mass is 16.5. The second-order valence-electron chi connectivity index (χ2n) is 3.07. The van der Waals surface area contributed by atoms with Crippen LogP contribution < -0.4 is 16.0 Å². The second-order valence-corrected chi connectivity index (χ2v) is 3.07. The van der Waals surface area contributed by atoms with Crippen molar-refractivity contribution < 1.29 is 9.53 Å². The molecule has 0 aliphatic rings. The van der Waals surface area contributed by atoms with Crippen molar-refractivity contribution in [3.8, 4) is 0 Å². The van der Waals surface area contributed by atoms with Crippen molar-refractivity contribution >= 4 is 6.29 Å². The Morgan fingerprint density at radius 1 is 1.00 bits per heavy atom. The van der Waals surface area contributed by atoms with Gasteiger partial charge in [0.05, 0.1) is 13.2 Å². The van der Waals surface area contributed by atoms with Crippen LogP contribution in [0.5, 0.6) is 0 Å². The Morgan fingerprint density at radius 2 is 1.60 bits per heavy atom. The van der Waals surface area contributed by atoms with Crippen molar-refractivity contribution in [3.05, 3.63) is 0 Å².